The summed E-state index contributed by atoms with van der Waals surface area (Å²) in [6.07, 6.45) is -0.209. The van der Waals surface area contributed by atoms with Gasteiger partial charge in [-0.05, 0) is 57.6 Å². The van der Waals surface area contributed by atoms with E-state index in [0.717, 1.165) is 10.9 Å². The van der Waals surface area contributed by atoms with Gasteiger partial charge in [0.2, 0.25) is 0 Å². The molecule has 1 unspecified atom stereocenters. The van der Waals surface area contributed by atoms with E-state index in [-0.39, 0.29) is 23.0 Å². The third-order valence-corrected chi connectivity index (χ3v) is 5.63. The Kier molecular flexibility index (Phi) is 6.58. The number of Topliss-reactive ketones (excluding diaryl/α,β-unsaturated/α-hetero) is 1. The number of nitrogens with zero attached hydrogens (tertiary/aromatic N) is 2. The van der Waals surface area contributed by atoms with Gasteiger partial charge in [0.1, 0.15) is 5.76 Å². The third kappa shape index (κ3) is 4.39. The van der Waals surface area contributed by atoms with Gasteiger partial charge in [-0.15, -0.1) is 11.3 Å². The minimum absolute atomic E-state index is 0.0295. The van der Waals surface area contributed by atoms with Crippen LogP contribution in [-0.2, 0) is 9.59 Å². The zero-order valence-electron chi connectivity index (χ0n) is 17.4. The first-order valence-corrected chi connectivity index (χ1v) is 10.5. The van der Waals surface area contributed by atoms with Crippen molar-refractivity contribution in [2.45, 2.75) is 26.0 Å². The van der Waals surface area contributed by atoms with Crippen LogP contribution in [0.3, 0.4) is 0 Å². The number of hydrogen-bond donors (Lipinski definition) is 1. The highest BCUT2D eigenvalue weighted by Crippen LogP contribution is 2.41. The van der Waals surface area contributed by atoms with Gasteiger partial charge in [-0.1, -0.05) is 6.07 Å². The highest BCUT2D eigenvalue weighted by Gasteiger charge is 2.46. The molecule has 1 fully saturated rings. The first-order valence-electron chi connectivity index (χ1n) is 9.63. The third-order valence-electron chi connectivity index (χ3n) is 4.71. The Balaban J connectivity index is 2.06. The first-order chi connectivity index (χ1) is 14.2. The van der Waals surface area contributed by atoms with Gasteiger partial charge in [0, 0.05) is 23.5 Å². The summed E-state index contributed by atoms with van der Waals surface area (Å²) in [6.45, 7) is 4.45. The quantitative estimate of drug-likeness (QED) is 0.411. The molecule has 3 rings (SSSR count). The molecule has 2 heterocycles. The van der Waals surface area contributed by atoms with Crippen molar-refractivity contribution in [1.29, 1.82) is 0 Å². The molecule has 2 aromatic rings. The lowest BCUT2D eigenvalue weighted by molar-refractivity contribution is -0.140. The normalized spacial score (nSPS) is 18.6. The maximum atomic E-state index is 14.5. The van der Waals surface area contributed by atoms with E-state index in [9.17, 15) is 19.1 Å². The summed E-state index contributed by atoms with van der Waals surface area (Å²) in [6, 6.07) is 6.94. The van der Waals surface area contributed by atoms with Crippen LogP contribution in [0.1, 0.15) is 30.3 Å². The molecule has 0 spiro atoms. The molecule has 0 radical (unpaired) electrons. The second kappa shape index (κ2) is 8.97. The number of likely N-dealkylation sites (N-methyl/N-ethyl adjacent to an activating group) is 1. The molecule has 0 bridgehead atoms. The zero-order chi connectivity index (χ0) is 22.0. The highest BCUT2D eigenvalue weighted by molar-refractivity contribution is 7.10. The van der Waals surface area contributed by atoms with E-state index < -0.39 is 29.3 Å². The molecule has 1 aliphatic rings. The molecule has 0 aliphatic carbocycles. The van der Waals surface area contributed by atoms with Crippen molar-refractivity contribution in [2.24, 2.45) is 0 Å². The molecule has 1 N–H and O–H groups in total. The Morgan fingerprint density at radius 3 is 2.60 bits per heavy atom. The molecule has 8 heteroatoms. The van der Waals surface area contributed by atoms with Gasteiger partial charge in [-0.25, -0.2) is 4.39 Å². The second-order valence-electron chi connectivity index (χ2n) is 7.62. The summed E-state index contributed by atoms with van der Waals surface area (Å²) in [5.74, 6) is -2.43. The van der Waals surface area contributed by atoms with Crippen molar-refractivity contribution in [1.82, 2.24) is 9.80 Å². The topological polar surface area (TPSA) is 70.1 Å². The van der Waals surface area contributed by atoms with Crippen LogP contribution in [0, 0.1) is 5.82 Å². The number of likely N-dealkylation sites (tertiary alicyclic amines) is 1. The van der Waals surface area contributed by atoms with Crippen molar-refractivity contribution in [3.8, 4) is 5.75 Å². The number of carbonyl (C=O) groups excluding carboxylic acids is 2. The Morgan fingerprint density at radius 1 is 1.30 bits per heavy atom. The van der Waals surface area contributed by atoms with Gasteiger partial charge in [-0.3, -0.25) is 9.59 Å². The lowest BCUT2D eigenvalue weighted by Crippen LogP contribution is -2.35. The molecule has 1 aromatic heterocycles. The minimum atomic E-state index is -0.771. The number of thiophene rings is 1. The smallest absolute Gasteiger partial charge is 0.295 e. The van der Waals surface area contributed by atoms with Gasteiger partial charge < -0.3 is 19.6 Å². The minimum Gasteiger partial charge on any atom is -0.507 e. The number of aliphatic hydroxyl groups is 1. The number of benzene rings is 1. The standard InChI is InChI=1S/C22H25FN2O4S/c1-13(2)29-16-8-7-14(12-15(16)23)20(26)18-19(17-6-5-11-30-17)25(10-9-24(3)4)22(28)21(18)27/h5-8,11-13,19,26H,9-10H2,1-4H3/b20-18+. The van der Waals surface area contributed by atoms with Gasteiger partial charge in [0.15, 0.2) is 11.6 Å². The van der Waals surface area contributed by atoms with E-state index in [4.69, 9.17) is 4.74 Å². The van der Waals surface area contributed by atoms with Crippen LogP contribution in [0.25, 0.3) is 5.76 Å². The second-order valence-corrected chi connectivity index (χ2v) is 8.60. The van der Waals surface area contributed by atoms with Crippen molar-refractivity contribution in [2.75, 3.05) is 27.2 Å². The fourth-order valence-electron chi connectivity index (χ4n) is 3.31. The van der Waals surface area contributed by atoms with Crippen LogP contribution in [0.2, 0.25) is 0 Å². The summed E-state index contributed by atoms with van der Waals surface area (Å²) in [5, 5.41) is 12.8. The molecular formula is C22H25FN2O4S. The predicted molar refractivity (Wildman–Crippen MR) is 114 cm³/mol. The van der Waals surface area contributed by atoms with Gasteiger partial charge >= 0.3 is 0 Å². The van der Waals surface area contributed by atoms with Gasteiger partial charge in [-0.2, -0.15) is 0 Å². The molecule has 1 amide bonds. The average molecular weight is 433 g/mol. The van der Waals surface area contributed by atoms with Gasteiger partial charge in [0.05, 0.1) is 17.7 Å². The van der Waals surface area contributed by atoms with Crippen molar-refractivity contribution < 1.29 is 23.8 Å². The van der Waals surface area contributed by atoms with E-state index >= 15 is 0 Å². The monoisotopic (exact) mass is 432 g/mol. The molecule has 1 aromatic carbocycles. The number of carbonyl (C=O) groups is 2. The Bertz CT molecular complexity index is 970. The van der Waals surface area contributed by atoms with Crippen LogP contribution in [0.15, 0.2) is 41.3 Å². The van der Waals surface area contributed by atoms with Crippen molar-refractivity contribution in [3.63, 3.8) is 0 Å². The number of ether oxygens (including phenoxy) is 1. The lowest BCUT2D eigenvalue weighted by atomic mass is 9.99. The molecule has 30 heavy (non-hydrogen) atoms. The number of ketones is 1. The first kappa shape index (κ1) is 22.0. The zero-order valence-corrected chi connectivity index (χ0v) is 18.2. The summed E-state index contributed by atoms with van der Waals surface area (Å²) in [4.78, 5) is 29.7. The van der Waals surface area contributed by atoms with Crippen LogP contribution >= 0.6 is 11.3 Å². The Hall–Kier alpha value is -2.71. The summed E-state index contributed by atoms with van der Waals surface area (Å²) in [7, 11) is 3.75. The number of hydrogen-bond acceptors (Lipinski definition) is 6. The van der Waals surface area contributed by atoms with Crippen LogP contribution in [0.5, 0.6) is 5.75 Å². The van der Waals surface area contributed by atoms with E-state index in [1.807, 2.05) is 36.5 Å². The fraction of sp³-hybridized carbons (Fsp3) is 0.364. The molecular weight excluding hydrogens is 407 g/mol. The average Bonchev–Trinajstić information content (AvgIpc) is 3.28. The van der Waals surface area contributed by atoms with Gasteiger partial charge in [0.25, 0.3) is 11.7 Å². The van der Waals surface area contributed by atoms with Crippen molar-refractivity contribution >= 4 is 28.8 Å². The summed E-state index contributed by atoms with van der Waals surface area (Å²) >= 11 is 1.39. The van der Waals surface area contributed by atoms with E-state index in [1.54, 1.807) is 13.8 Å². The number of halogens is 1. The largest absolute Gasteiger partial charge is 0.507 e. The molecule has 1 aliphatic heterocycles. The Labute approximate surface area is 179 Å². The van der Waals surface area contributed by atoms with E-state index in [0.29, 0.717) is 13.1 Å². The van der Waals surface area contributed by atoms with Crippen LogP contribution in [0.4, 0.5) is 4.39 Å². The molecule has 160 valence electrons. The SMILES string of the molecule is CC(C)Oc1ccc(/C(O)=C2\C(=O)C(=O)N(CCN(C)C)C2c2cccs2)cc1F. The molecule has 0 saturated carbocycles. The number of aliphatic hydroxyl groups excluding tert-OH is 1. The summed E-state index contributed by atoms with van der Waals surface area (Å²) < 4.78 is 19.9. The van der Waals surface area contributed by atoms with E-state index in [2.05, 4.69) is 0 Å². The maximum Gasteiger partial charge on any atom is 0.295 e. The molecule has 1 saturated heterocycles. The molecule has 6 nitrogen and oxygen atoms in total. The lowest BCUT2D eigenvalue weighted by Gasteiger charge is -2.25. The summed E-state index contributed by atoms with van der Waals surface area (Å²) in [5.41, 5.74) is 0.0916. The highest BCUT2D eigenvalue weighted by atomic mass is 32.1. The number of rotatable bonds is 7. The van der Waals surface area contributed by atoms with Crippen LogP contribution < -0.4 is 4.74 Å². The molecule has 1 atom stereocenters. The fourth-order valence-corrected chi connectivity index (χ4v) is 4.16. The maximum absolute atomic E-state index is 14.5. The van der Waals surface area contributed by atoms with Crippen molar-refractivity contribution in [3.05, 3.63) is 57.5 Å². The predicted octanol–water partition coefficient (Wildman–Crippen LogP) is 3.66. The number of amides is 1. The van der Waals surface area contributed by atoms with Crippen LogP contribution in [-0.4, -0.2) is 59.9 Å². The Morgan fingerprint density at radius 2 is 2.03 bits per heavy atom. The van der Waals surface area contributed by atoms with E-state index in [1.165, 1.54) is 28.4 Å².